The van der Waals surface area contributed by atoms with Crippen molar-refractivity contribution < 1.29 is 4.79 Å². The highest BCUT2D eigenvalue weighted by atomic mass is 35.5. The van der Waals surface area contributed by atoms with Crippen molar-refractivity contribution in [2.45, 2.75) is 24.8 Å². The van der Waals surface area contributed by atoms with E-state index in [-0.39, 0.29) is 5.91 Å². The molecule has 94 valence electrons. The van der Waals surface area contributed by atoms with E-state index < -0.39 is 5.38 Å². The maximum absolute atomic E-state index is 12.0. The molecule has 3 nitrogen and oxygen atoms in total. The van der Waals surface area contributed by atoms with E-state index in [9.17, 15) is 4.79 Å². The van der Waals surface area contributed by atoms with Gasteiger partial charge in [0.25, 0.3) is 0 Å². The van der Waals surface area contributed by atoms with E-state index in [1.54, 1.807) is 6.92 Å². The summed E-state index contributed by atoms with van der Waals surface area (Å²) < 4.78 is 0. The summed E-state index contributed by atoms with van der Waals surface area (Å²) in [6, 6.07) is 0.302. The average molecular weight is 265 g/mol. The Morgan fingerprint density at radius 3 is 2.88 bits per heavy atom. The van der Waals surface area contributed by atoms with Crippen molar-refractivity contribution in [1.82, 2.24) is 9.80 Å². The molecule has 0 radical (unpaired) electrons. The summed E-state index contributed by atoms with van der Waals surface area (Å²) in [6.07, 6.45) is 1.07. The van der Waals surface area contributed by atoms with Crippen molar-refractivity contribution in [1.29, 1.82) is 0 Å². The Hall–Kier alpha value is 0.0700. The second-order valence-electron chi connectivity index (χ2n) is 4.49. The molecule has 2 atom stereocenters. The molecular weight excluding hydrogens is 244 g/mol. The first-order valence-corrected chi connectivity index (χ1v) is 7.28. The fraction of sp³-hybridized carbons (Fsp3) is 0.909. The minimum absolute atomic E-state index is 0.0796. The number of halogens is 1. The zero-order chi connectivity index (χ0) is 12.1. The van der Waals surface area contributed by atoms with Crippen molar-refractivity contribution in [3.63, 3.8) is 0 Å². The van der Waals surface area contributed by atoms with E-state index in [1.165, 1.54) is 0 Å². The number of nitrogens with zero attached hydrogens (tertiary/aromatic N) is 2. The zero-order valence-corrected chi connectivity index (χ0v) is 11.9. The van der Waals surface area contributed by atoms with E-state index in [1.807, 2.05) is 30.8 Å². The molecule has 0 spiro atoms. The first-order valence-electron chi connectivity index (χ1n) is 5.69. The van der Waals surface area contributed by atoms with Crippen LogP contribution in [0.2, 0.25) is 0 Å². The van der Waals surface area contributed by atoms with Crippen molar-refractivity contribution in [2.75, 3.05) is 38.7 Å². The van der Waals surface area contributed by atoms with E-state index in [4.69, 9.17) is 11.6 Å². The number of carbonyl (C=O) groups excluding carboxylic acids is 1. The topological polar surface area (TPSA) is 23.6 Å². The van der Waals surface area contributed by atoms with Crippen molar-refractivity contribution in [3.05, 3.63) is 0 Å². The fourth-order valence-corrected chi connectivity index (χ4v) is 3.10. The molecule has 0 N–H and O–H groups in total. The number of hydrogen-bond acceptors (Lipinski definition) is 3. The Bertz CT molecular complexity index is 236. The summed E-state index contributed by atoms with van der Waals surface area (Å²) in [5.41, 5.74) is 0. The molecular formula is C11H21ClN2OS. The number of carbonyl (C=O) groups is 1. The van der Waals surface area contributed by atoms with E-state index in [0.717, 1.165) is 31.0 Å². The lowest BCUT2D eigenvalue weighted by Crippen LogP contribution is -2.48. The highest BCUT2D eigenvalue weighted by molar-refractivity contribution is 7.99. The van der Waals surface area contributed by atoms with Gasteiger partial charge in [-0.25, -0.2) is 0 Å². The zero-order valence-electron chi connectivity index (χ0n) is 10.3. The molecule has 1 fully saturated rings. The quantitative estimate of drug-likeness (QED) is 0.722. The molecule has 1 heterocycles. The van der Waals surface area contributed by atoms with Gasteiger partial charge in [-0.1, -0.05) is 0 Å². The van der Waals surface area contributed by atoms with Gasteiger partial charge in [-0.05, 0) is 33.2 Å². The molecule has 1 rings (SSSR count). The van der Waals surface area contributed by atoms with Crippen molar-refractivity contribution in [3.8, 4) is 0 Å². The molecule has 0 aromatic rings. The van der Waals surface area contributed by atoms with Gasteiger partial charge < -0.3 is 9.80 Å². The number of alkyl halides is 1. The first-order chi connectivity index (χ1) is 7.52. The van der Waals surface area contributed by atoms with E-state index in [0.29, 0.717) is 6.04 Å². The highest BCUT2D eigenvalue weighted by Crippen LogP contribution is 2.18. The smallest absolute Gasteiger partial charge is 0.240 e. The lowest BCUT2D eigenvalue weighted by Gasteiger charge is -2.32. The van der Waals surface area contributed by atoms with E-state index in [2.05, 4.69) is 4.90 Å². The molecule has 0 aromatic heterocycles. The normalized spacial score (nSPS) is 24.3. The molecule has 0 aliphatic carbocycles. The van der Waals surface area contributed by atoms with Gasteiger partial charge in [0, 0.05) is 18.8 Å². The Morgan fingerprint density at radius 2 is 2.31 bits per heavy atom. The minimum Gasteiger partial charge on any atom is -0.336 e. The molecule has 5 heteroatoms. The summed E-state index contributed by atoms with van der Waals surface area (Å²) >= 11 is 7.84. The van der Waals surface area contributed by atoms with Crippen molar-refractivity contribution >= 4 is 29.3 Å². The van der Waals surface area contributed by atoms with Crippen LogP contribution in [-0.4, -0.2) is 65.8 Å². The molecule has 1 aliphatic heterocycles. The average Bonchev–Trinajstić information content (AvgIpc) is 2.41. The molecule has 2 unspecified atom stereocenters. The van der Waals surface area contributed by atoms with Gasteiger partial charge in [-0.2, -0.15) is 11.8 Å². The van der Waals surface area contributed by atoms with Gasteiger partial charge in [0.05, 0.1) is 6.04 Å². The minimum atomic E-state index is -0.409. The van der Waals surface area contributed by atoms with Gasteiger partial charge >= 0.3 is 0 Å². The molecule has 16 heavy (non-hydrogen) atoms. The summed E-state index contributed by atoms with van der Waals surface area (Å²) in [6.45, 7) is 3.53. The third-order valence-electron chi connectivity index (χ3n) is 2.64. The van der Waals surface area contributed by atoms with Crippen LogP contribution in [0.4, 0.5) is 0 Å². The van der Waals surface area contributed by atoms with Gasteiger partial charge in [-0.3, -0.25) is 4.79 Å². The van der Waals surface area contributed by atoms with Crippen LogP contribution in [-0.2, 0) is 4.79 Å². The Morgan fingerprint density at radius 1 is 1.62 bits per heavy atom. The van der Waals surface area contributed by atoms with Gasteiger partial charge in [-0.15, -0.1) is 11.6 Å². The van der Waals surface area contributed by atoms with Crippen LogP contribution < -0.4 is 0 Å². The lowest BCUT2D eigenvalue weighted by molar-refractivity contribution is -0.132. The maximum atomic E-state index is 12.0. The highest BCUT2D eigenvalue weighted by Gasteiger charge is 2.28. The molecule has 1 saturated heterocycles. The monoisotopic (exact) mass is 264 g/mol. The third-order valence-corrected chi connectivity index (χ3v) is 4.02. The largest absolute Gasteiger partial charge is 0.336 e. The van der Waals surface area contributed by atoms with Crippen LogP contribution in [0.1, 0.15) is 13.3 Å². The predicted octanol–water partition coefficient (Wildman–Crippen LogP) is 1.51. The summed E-state index contributed by atoms with van der Waals surface area (Å²) in [4.78, 5) is 16.1. The first kappa shape index (κ1) is 14.1. The number of hydrogen-bond donors (Lipinski definition) is 0. The summed E-state index contributed by atoms with van der Waals surface area (Å²) in [5, 5.41) is -0.409. The Kier molecular flexibility index (Phi) is 5.94. The Labute approximate surface area is 107 Å². The van der Waals surface area contributed by atoms with Crippen LogP contribution >= 0.6 is 23.4 Å². The standard InChI is InChI=1S/C11H21ClN2OS/c1-9(12)11(15)14-5-4-6-16-8-10(14)7-13(2)3/h9-10H,4-8H2,1-3H3. The van der Waals surface area contributed by atoms with Crippen LogP contribution in [0.3, 0.4) is 0 Å². The number of likely N-dealkylation sites (N-methyl/N-ethyl adjacent to an activating group) is 1. The maximum Gasteiger partial charge on any atom is 0.240 e. The summed E-state index contributed by atoms with van der Waals surface area (Å²) in [5.74, 6) is 2.24. The third kappa shape index (κ3) is 4.15. The van der Waals surface area contributed by atoms with Gasteiger partial charge in [0.15, 0.2) is 0 Å². The molecule has 0 aromatic carbocycles. The molecule has 1 amide bonds. The fourth-order valence-electron chi connectivity index (χ4n) is 1.92. The lowest BCUT2D eigenvalue weighted by atomic mass is 10.2. The number of thioether (sulfide) groups is 1. The van der Waals surface area contributed by atoms with Crippen LogP contribution in [0.15, 0.2) is 0 Å². The van der Waals surface area contributed by atoms with Crippen molar-refractivity contribution in [2.24, 2.45) is 0 Å². The second kappa shape index (κ2) is 6.72. The van der Waals surface area contributed by atoms with Crippen LogP contribution in [0, 0.1) is 0 Å². The van der Waals surface area contributed by atoms with Gasteiger partial charge in [0.1, 0.15) is 5.38 Å². The van der Waals surface area contributed by atoms with Crippen LogP contribution in [0.5, 0.6) is 0 Å². The van der Waals surface area contributed by atoms with Gasteiger partial charge in [0.2, 0.25) is 5.91 Å². The molecule has 1 aliphatic rings. The number of rotatable bonds is 3. The molecule has 0 saturated carbocycles. The SMILES string of the molecule is CC(Cl)C(=O)N1CCCSCC1CN(C)C. The van der Waals surface area contributed by atoms with Crippen LogP contribution in [0.25, 0.3) is 0 Å². The van der Waals surface area contributed by atoms with E-state index >= 15 is 0 Å². The Balaban J connectivity index is 2.69. The molecule has 0 bridgehead atoms. The second-order valence-corrected chi connectivity index (χ2v) is 6.30. The predicted molar refractivity (Wildman–Crippen MR) is 71.3 cm³/mol. The number of amides is 1. The summed E-state index contributed by atoms with van der Waals surface area (Å²) in [7, 11) is 4.09.